The van der Waals surface area contributed by atoms with Crippen LogP contribution in [0, 0.1) is 10.1 Å². The number of esters is 1. The van der Waals surface area contributed by atoms with Gasteiger partial charge in [0.2, 0.25) is 0 Å². The van der Waals surface area contributed by atoms with E-state index >= 15 is 0 Å². The Labute approximate surface area is 195 Å². The Bertz CT molecular complexity index is 1290. The molecule has 1 aliphatic rings. The highest BCUT2D eigenvalue weighted by molar-refractivity contribution is 5.97. The summed E-state index contributed by atoms with van der Waals surface area (Å²) in [6, 6.07) is 11.2. The zero-order valence-electron chi connectivity index (χ0n) is 18.1. The van der Waals surface area contributed by atoms with Crippen LogP contribution in [0.25, 0.3) is 11.8 Å². The summed E-state index contributed by atoms with van der Waals surface area (Å²) < 4.78 is 59.8. The molecule has 0 fully saturated rings. The first-order valence-electron chi connectivity index (χ1n) is 10.2. The number of halogens is 3. The second kappa shape index (κ2) is 9.18. The summed E-state index contributed by atoms with van der Waals surface area (Å²) in [4.78, 5) is 22.7. The summed E-state index contributed by atoms with van der Waals surface area (Å²) in [7, 11) is 0. The van der Waals surface area contributed by atoms with Crippen LogP contribution in [0.5, 0.6) is 5.75 Å². The second-order valence-corrected chi connectivity index (χ2v) is 7.25. The average Bonchev–Trinajstić information content (AvgIpc) is 3.30. The molecule has 2 aromatic carbocycles. The highest BCUT2D eigenvalue weighted by Gasteiger charge is 2.65. The predicted octanol–water partition coefficient (Wildman–Crippen LogP) is 3.99. The third-order valence-corrected chi connectivity index (χ3v) is 4.98. The Morgan fingerprint density at radius 1 is 1.20 bits per heavy atom. The molecule has 4 rings (SSSR count). The summed E-state index contributed by atoms with van der Waals surface area (Å²) >= 11 is 0. The van der Waals surface area contributed by atoms with Crippen LogP contribution in [-0.4, -0.2) is 44.5 Å². The lowest BCUT2D eigenvalue weighted by Crippen LogP contribution is -2.57. The van der Waals surface area contributed by atoms with Gasteiger partial charge in [-0.3, -0.25) is 10.1 Å². The standard InChI is InChI=1S/C22H17F3N4O6/c1-2-33-20(30)18-11-14-5-3-4-6-19(14)35-21(18,22(23,24)25)34-13-15-12-28(27-26-15)16-7-9-17(10-8-16)29(31)32/h3-12H,2,13H2,1H3. The number of hydrogen-bond donors (Lipinski definition) is 0. The predicted molar refractivity (Wildman–Crippen MR) is 113 cm³/mol. The lowest BCUT2D eigenvalue weighted by atomic mass is 9.97. The van der Waals surface area contributed by atoms with Crippen molar-refractivity contribution in [2.45, 2.75) is 25.5 Å². The van der Waals surface area contributed by atoms with Crippen molar-refractivity contribution in [1.29, 1.82) is 0 Å². The van der Waals surface area contributed by atoms with E-state index in [1.54, 1.807) is 6.07 Å². The van der Waals surface area contributed by atoms with E-state index in [9.17, 15) is 28.1 Å². The average molecular weight is 490 g/mol. The van der Waals surface area contributed by atoms with Gasteiger partial charge in [0.05, 0.1) is 30.0 Å². The fourth-order valence-electron chi connectivity index (χ4n) is 3.35. The molecule has 2 heterocycles. The monoisotopic (exact) mass is 490 g/mol. The number of nitro groups is 1. The van der Waals surface area contributed by atoms with Gasteiger partial charge in [-0.25, -0.2) is 9.48 Å². The van der Waals surface area contributed by atoms with E-state index < -0.39 is 35.0 Å². The normalized spacial score (nSPS) is 17.2. The van der Waals surface area contributed by atoms with E-state index in [2.05, 4.69) is 10.3 Å². The van der Waals surface area contributed by atoms with Gasteiger partial charge in [-0.05, 0) is 31.2 Å². The van der Waals surface area contributed by atoms with Gasteiger partial charge in [-0.1, -0.05) is 23.4 Å². The third-order valence-electron chi connectivity index (χ3n) is 4.98. The molecular weight excluding hydrogens is 473 g/mol. The van der Waals surface area contributed by atoms with Gasteiger partial charge >= 0.3 is 17.9 Å². The minimum Gasteiger partial charge on any atom is -0.462 e. The van der Waals surface area contributed by atoms with Crippen molar-refractivity contribution in [1.82, 2.24) is 15.0 Å². The van der Waals surface area contributed by atoms with Crippen molar-refractivity contribution in [2.24, 2.45) is 0 Å². The number of non-ortho nitro benzene ring substituents is 1. The van der Waals surface area contributed by atoms with Crippen molar-refractivity contribution >= 4 is 17.7 Å². The number of carbonyl (C=O) groups excluding carboxylic acids is 1. The number of hydrogen-bond acceptors (Lipinski definition) is 8. The first kappa shape index (κ1) is 23.9. The molecule has 35 heavy (non-hydrogen) atoms. The van der Waals surface area contributed by atoms with Gasteiger partial charge in [0, 0.05) is 17.7 Å². The first-order valence-corrected chi connectivity index (χ1v) is 10.2. The van der Waals surface area contributed by atoms with Crippen molar-refractivity contribution in [3.63, 3.8) is 0 Å². The van der Waals surface area contributed by atoms with Crippen LogP contribution in [0.3, 0.4) is 0 Å². The third kappa shape index (κ3) is 4.57. The Morgan fingerprint density at radius 3 is 2.57 bits per heavy atom. The summed E-state index contributed by atoms with van der Waals surface area (Å²) in [5, 5.41) is 18.4. The van der Waals surface area contributed by atoms with Gasteiger partial charge in [-0.2, -0.15) is 13.2 Å². The number of ether oxygens (including phenoxy) is 3. The van der Waals surface area contributed by atoms with Gasteiger partial charge in [0.15, 0.2) is 0 Å². The Kier molecular flexibility index (Phi) is 6.26. The number of nitrogens with zero attached hydrogens (tertiary/aromatic N) is 4. The Balaban J connectivity index is 1.65. The van der Waals surface area contributed by atoms with Crippen LogP contribution < -0.4 is 4.74 Å². The van der Waals surface area contributed by atoms with Crippen molar-refractivity contribution in [3.05, 3.63) is 81.7 Å². The SMILES string of the molecule is CCOC(=O)C1=Cc2ccccc2OC1(OCc1cn(-c2ccc([N+](=O)[O-])cc2)nn1)C(F)(F)F. The molecule has 3 aromatic rings. The summed E-state index contributed by atoms with van der Waals surface area (Å²) in [5.41, 5.74) is -0.388. The molecule has 13 heteroatoms. The zero-order valence-corrected chi connectivity index (χ0v) is 18.1. The maximum atomic E-state index is 14.4. The molecule has 0 spiro atoms. The second-order valence-electron chi connectivity index (χ2n) is 7.25. The molecular formula is C22H17F3N4O6. The first-order chi connectivity index (χ1) is 16.6. The van der Waals surface area contributed by atoms with E-state index in [4.69, 9.17) is 14.2 Å². The molecule has 0 aliphatic carbocycles. The molecule has 0 saturated carbocycles. The molecule has 0 amide bonds. The zero-order chi connectivity index (χ0) is 25.2. The largest absolute Gasteiger partial charge is 0.462 e. The lowest BCUT2D eigenvalue weighted by molar-refractivity contribution is -0.384. The van der Waals surface area contributed by atoms with Crippen LogP contribution >= 0.6 is 0 Å². The van der Waals surface area contributed by atoms with E-state index in [0.29, 0.717) is 5.69 Å². The summed E-state index contributed by atoms with van der Waals surface area (Å²) in [6.45, 7) is 0.573. The summed E-state index contributed by atoms with van der Waals surface area (Å²) in [5.74, 6) is -4.83. The summed E-state index contributed by atoms with van der Waals surface area (Å²) in [6.07, 6.45) is -2.86. The van der Waals surface area contributed by atoms with Crippen LogP contribution in [0.15, 0.2) is 60.3 Å². The maximum absolute atomic E-state index is 14.4. The molecule has 10 nitrogen and oxygen atoms in total. The Morgan fingerprint density at radius 2 is 1.91 bits per heavy atom. The van der Waals surface area contributed by atoms with Gasteiger partial charge in [0.1, 0.15) is 17.0 Å². The fraction of sp³-hybridized carbons (Fsp3) is 0.227. The van der Waals surface area contributed by atoms with E-state index in [-0.39, 0.29) is 29.3 Å². The number of carbonyl (C=O) groups is 1. The number of para-hydroxylation sites is 1. The molecule has 0 saturated heterocycles. The molecule has 1 atom stereocenters. The number of benzene rings is 2. The Hall–Kier alpha value is -4.26. The smallest absolute Gasteiger partial charge is 0.460 e. The van der Waals surface area contributed by atoms with Crippen LogP contribution in [0.2, 0.25) is 0 Å². The van der Waals surface area contributed by atoms with Gasteiger partial charge < -0.3 is 14.2 Å². The van der Waals surface area contributed by atoms with Crippen LogP contribution in [0.4, 0.5) is 18.9 Å². The number of fused-ring (bicyclic) bond motifs is 1. The van der Waals surface area contributed by atoms with E-state index in [0.717, 1.165) is 6.08 Å². The molecule has 182 valence electrons. The quantitative estimate of drug-likeness (QED) is 0.277. The lowest BCUT2D eigenvalue weighted by Gasteiger charge is -2.38. The minimum atomic E-state index is -5.17. The fourth-order valence-corrected chi connectivity index (χ4v) is 3.35. The van der Waals surface area contributed by atoms with Crippen molar-refractivity contribution < 1.29 is 37.1 Å². The molecule has 1 aromatic heterocycles. The van der Waals surface area contributed by atoms with Gasteiger partial charge in [0.25, 0.3) is 5.69 Å². The number of rotatable bonds is 7. The number of alkyl halides is 3. The van der Waals surface area contributed by atoms with Crippen LogP contribution in [-0.2, 0) is 20.9 Å². The maximum Gasteiger partial charge on any atom is 0.460 e. The highest BCUT2D eigenvalue weighted by Crippen LogP contribution is 2.46. The van der Waals surface area contributed by atoms with E-state index in [1.807, 2.05) is 0 Å². The van der Waals surface area contributed by atoms with Crippen LogP contribution in [0.1, 0.15) is 18.2 Å². The van der Waals surface area contributed by atoms with E-state index in [1.165, 1.54) is 60.3 Å². The molecule has 1 aliphatic heterocycles. The van der Waals surface area contributed by atoms with Gasteiger partial charge in [-0.15, -0.1) is 5.10 Å². The number of aromatic nitrogens is 3. The van der Waals surface area contributed by atoms with Crippen molar-refractivity contribution in [3.8, 4) is 11.4 Å². The minimum absolute atomic E-state index is 0.0161. The molecule has 1 unspecified atom stereocenters. The molecule has 0 radical (unpaired) electrons. The topological polar surface area (TPSA) is 119 Å². The number of nitro benzene ring substituents is 1. The van der Waals surface area contributed by atoms with Crippen molar-refractivity contribution in [2.75, 3.05) is 6.61 Å². The highest BCUT2D eigenvalue weighted by atomic mass is 19.4. The molecule has 0 N–H and O–H groups in total. The molecule has 0 bridgehead atoms.